The molecule has 1 saturated heterocycles. The van der Waals surface area contributed by atoms with Crippen LogP contribution in [0.15, 0.2) is 41.5 Å². The Hall–Kier alpha value is -2.77. The first-order valence-corrected chi connectivity index (χ1v) is 9.56. The van der Waals surface area contributed by atoms with Gasteiger partial charge in [-0.25, -0.2) is 9.97 Å². The summed E-state index contributed by atoms with van der Waals surface area (Å²) in [6, 6.07) is 9.83. The lowest BCUT2D eigenvalue weighted by molar-refractivity contribution is 0.238. The average Bonchev–Trinajstić information content (AvgIpc) is 3.19. The SMILES string of the molecule is C[C@@H](N)c1ccc(-c2cc3ncn(C)c(=O)c3c(N3CC[C@H](CO)C3)n2)cc1. The number of benzene rings is 1. The Balaban J connectivity index is 1.87. The van der Waals surface area contributed by atoms with Gasteiger partial charge in [0.2, 0.25) is 0 Å². The van der Waals surface area contributed by atoms with Gasteiger partial charge in [-0.2, -0.15) is 0 Å². The number of hydrogen-bond donors (Lipinski definition) is 2. The Morgan fingerprint density at radius 3 is 2.71 bits per heavy atom. The van der Waals surface area contributed by atoms with Crippen LogP contribution in [0, 0.1) is 5.92 Å². The normalized spacial score (nSPS) is 18.0. The van der Waals surface area contributed by atoms with Crippen LogP contribution in [-0.4, -0.2) is 39.3 Å². The van der Waals surface area contributed by atoms with Gasteiger partial charge in [0, 0.05) is 44.3 Å². The molecule has 1 fully saturated rings. The number of fused-ring (bicyclic) bond motifs is 1. The van der Waals surface area contributed by atoms with Gasteiger partial charge in [0.1, 0.15) is 11.2 Å². The zero-order valence-electron chi connectivity index (χ0n) is 16.2. The van der Waals surface area contributed by atoms with Crippen molar-refractivity contribution in [2.75, 3.05) is 24.6 Å². The second-order valence-electron chi connectivity index (χ2n) is 7.58. The van der Waals surface area contributed by atoms with E-state index in [2.05, 4.69) is 9.88 Å². The van der Waals surface area contributed by atoms with Crippen molar-refractivity contribution >= 4 is 16.7 Å². The van der Waals surface area contributed by atoms with Crippen molar-refractivity contribution in [1.29, 1.82) is 0 Å². The fraction of sp³-hybridized carbons (Fsp3) is 0.381. The van der Waals surface area contributed by atoms with Crippen molar-refractivity contribution in [1.82, 2.24) is 14.5 Å². The highest BCUT2D eigenvalue weighted by atomic mass is 16.3. The molecule has 0 aliphatic carbocycles. The smallest absolute Gasteiger partial charge is 0.264 e. The van der Waals surface area contributed by atoms with E-state index in [-0.39, 0.29) is 24.1 Å². The van der Waals surface area contributed by atoms with Crippen molar-refractivity contribution in [2.45, 2.75) is 19.4 Å². The van der Waals surface area contributed by atoms with Gasteiger partial charge in [0.25, 0.3) is 5.56 Å². The first kappa shape index (κ1) is 18.6. The Morgan fingerprint density at radius 1 is 1.32 bits per heavy atom. The Kier molecular flexibility index (Phi) is 4.87. The Morgan fingerprint density at radius 2 is 2.07 bits per heavy atom. The molecule has 7 nitrogen and oxygen atoms in total. The summed E-state index contributed by atoms with van der Waals surface area (Å²) in [5.41, 5.74) is 9.25. The number of pyridine rings is 1. The molecule has 3 aromatic rings. The van der Waals surface area contributed by atoms with Gasteiger partial charge in [0.05, 0.1) is 17.5 Å². The Labute approximate surface area is 163 Å². The standard InChI is InChI=1S/C21H25N5O2/c1-13(22)15-3-5-16(6-4-15)17-9-18-19(21(28)25(2)12-23-18)20(24-17)26-8-7-14(10-26)11-27/h3-6,9,12-14,27H,7-8,10-11,22H2,1-2H3/t13-,14+/m1/s1. The monoisotopic (exact) mass is 379 g/mol. The molecule has 1 aliphatic heterocycles. The highest BCUT2D eigenvalue weighted by Crippen LogP contribution is 2.30. The summed E-state index contributed by atoms with van der Waals surface area (Å²) in [6.45, 7) is 3.54. The van der Waals surface area contributed by atoms with Crippen molar-refractivity contribution in [2.24, 2.45) is 18.7 Å². The second kappa shape index (κ2) is 7.33. The minimum absolute atomic E-state index is 0.0288. The van der Waals surface area contributed by atoms with E-state index in [1.54, 1.807) is 7.05 Å². The molecule has 4 rings (SSSR count). The molecule has 0 spiro atoms. The summed E-state index contributed by atoms with van der Waals surface area (Å²) in [4.78, 5) is 24.2. The number of nitrogens with zero attached hydrogens (tertiary/aromatic N) is 4. The van der Waals surface area contributed by atoms with Crippen LogP contribution in [0.4, 0.5) is 5.82 Å². The summed E-state index contributed by atoms with van der Waals surface area (Å²) in [5.74, 6) is 0.847. The van der Waals surface area contributed by atoms with Gasteiger partial charge in [-0.1, -0.05) is 24.3 Å². The van der Waals surface area contributed by atoms with Crippen molar-refractivity contribution in [3.63, 3.8) is 0 Å². The maximum Gasteiger partial charge on any atom is 0.264 e. The van der Waals surface area contributed by atoms with E-state index in [4.69, 9.17) is 10.7 Å². The Bertz CT molecular complexity index is 1060. The molecule has 0 saturated carbocycles. The lowest BCUT2D eigenvalue weighted by Crippen LogP contribution is -2.26. The number of aryl methyl sites for hydroxylation is 1. The summed E-state index contributed by atoms with van der Waals surface area (Å²) < 4.78 is 1.48. The quantitative estimate of drug-likeness (QED) is 0.718. The van der Waals surface area contributed by atoms with Gasteiger partial charge >= 0.3 is 0 Å². The topological polar surface area (TPSA) is 97.3 Å². The van der Waals surface area contributed by atoms with E-state index in [9.17, 15) is 9.90 Å². The summed E-state index contributed by atoms with van der Waals surface area (Å²) in [5, 5.41) is 10.0. The largest absolute Gasteiger partial charge is 0.396 e. The van der Waals surface area contributed by atoms with Gasteiger partial charge in [-0.3, -0.25) is 4.79 Å². The zero-order chi connectivity index (χ0) is 19.8. The van der Waals surface area contributed by atoms with Crippen LogP contribution >= 0.6 is 0 Å². The van der Waals surface area contributed by atoms with Gasteiger partial charge in [0.15, 0.2) is 0 Å². The number of nitrogens with two attached hydrogens (primary N) is 1. The lowest BCUT2D eigenvalue weighted by atomic mass is 10.0. The van der Waals surface area contributed by atoms with E-state index in [0.29, 0.717) is 23.3 Å². The van der Waals surface area contributed by atoms with Gasteiger partial charge in [-0.15, -0.1) is 0 Å². The maximum atomic E-state index is 12.8. The molecule has 1 aliphatic rings. The molecule has 28 heavy (non-hydrogen) atoms. The number of rotatable bonds is 4. The van der Waals surface area contributed by atoms with Crippen LogP contribution in [0.25, 0.3) is 22.2 Å². The van der Waals surface area contributed by atoms with Crippen molar-refractivity contribution in [3.05, 3.63) is 52.6 Å². The van der Waals surface area contributed by atoms with Crippen LogP contribution < -0.4 is 16.2 Å². The van der Waals surface area contributed by atoms with Crippen LogP contribution in [0.1, 0.15) is 24.9 Å². The van der Waals surface area contributed by atoms with Gasteiger partial charge in [-0.05, 0) is 25.0 Å². The second-order valence-corrected chi connectivity index (χ2v) is 7.58. The summed E-state index contributed by atoms with van der Waals surface area (Å²) in [6.07, 6.45) is 2.42. The van der Waals surface area contributed by atoms with E-state index in [0.717, 1.165) is 29.8 Å². The van der Waals surface area contributed by atoms with Crippen molar-refractivity contribution in [3.8, 4) is 11.3 Å². The molecule has 2 atom stereocenters. The third kappa shape index (κ3) is 3.27. The number of aliphatic hydroxyl groups is 1. The molecule has 0 radical (unpaired) electrons. The van der Waals surface area contributed by atoms with Crippen LogP contribution in [0.5, 0.6) is 0 Å². The maximum absolute atomic E-state index is 12.8. The highest BCUT2D eigenvalue weighted by Gasteiger charge is 2.26. The number of hydrogen-bond acceptors (Lipinski definition) is 6. The summed E-state index contributed by atoms with van der Waals surface area (Å²) in [7, 11) is 1.69. The fourth-order valence-electron chi connectivity index (χ4n) is 3.71. The highest BCUT2D eigenvalue weighted by molar-refractivity contribution is 5.91. The predicted molar refractivity (Wildman–Crippen MR) is 110 cm³/mol. The minimum atomic E-state index is -0.112. The van der Waals surface area contributed by atoms with E-state index in [1.165, 1.54) is 10.9 Å². The average molecular weight is 379 g/mol. The molecular formula is C21H25N5O2. The number of aliphatic hydroxyl groups excluding tert-OH is 1. The molecule has 7 heteroatoms. The molecule has 0 bridgehead atoms. The van der Waals surface area contributed by atoms with Crippen LogP contribution in [0.2, 0.25) is 0 Å². The first-order valence-electron chi connectivity index (χ1n) is 9.56. The van der Waals surface area contributed by atoms with E-state index >= 15 is 0 Å². The number of anilines is 1. The number of aromatic nitrogens is 3. The molecular weight excluding hydrogens is 354 g/mol. The first-order chi connectivity index (χ1) is 13.5. The van der Waals surface area contributed by atoms with E-state index < -0.39 is 0 Å². The molecule has 146 valence electrons. The fourth-order valence-corrected chi connectivity index (χ4v) is 3.71. The molecule has 2 aromatic heterocycles. The molecule has 0 unspecified atom stereocenters. The molecule has 1 aromatic carbocycles. The van der Waals surface area contributed by atoms with Crippen molar-refractivity contribution < 1.29 is 5.11 Å². The lowest BCUT2D eigenvalue weighted by Gasteiger charge is -2.20. The third-order valence-corrected chi connectivity index (χ3v) is 5.46. The summed E-state index contributed by atoms with van der Waals surface area (Å²) >= 11 is 0. The minimum Gasteiger partial charge on any atom is -0.396 e. The molecule has 0 amide bonds. The molecule has 3 heterocycles. The predicted octanol–water partition coefficient (Wildman–Crippen LogP) is 1.83. The zero-order valence-corrected chi connectivity index (χ0v) is 16.2. The van der Waals surface area contributed by atoms with Crippen LogP contribution in [-0.2, 0) is 7.05 Å². The van der Waals surface area contributed by atoms with E-state index in [1.807, 2.05) is 37.3 Å². The van der Waals surface area contributed by atoms with Gasteiger partial charge < -0.3 is 20.3 Å². The molecule has 3 N–H and O–H groups in total. The third-order valence-electron chi connectivity index (χ3n) is 5.46. The van der Waals surface area contributed by atoms with Crippen LogP contribution in [0.3, 0.4) is 0 Å².